The topological polar surface area (TPSA) is 18.5 Å². The molecule has 0 N–H and O–H groups in total. The molecule has 0 heterocycles. The molecule has 1 aromatic carbocycles. The van der Waals surface area contributed by atoms with Crippen LogP contribution in [0.5, 0.6) is 5.75 Å². The van der Waals surface area contributed by atoms with E-state index in [1.54, 1.807) is 0 Å². The highest BCUT2D eigenvalue weighted by Gasteiger charge is 2.18. The molecule has 2 nitrogen and oxygen atoms in total. The van der Waals surface area contributed by atoms with Gasteiger partial charge < -0.3 is 9.47 Å². The van der Waals surface area contributed by atoms with E-state index >= 15 is 0 Å². The van der Waals surface area contributed by atoms with Crippen molar-refractivity contribution in [2.45, 2.75) is 59.0 Å². The minimum atomic E-state index is 0.122. The molecule has 0 radical (unpaired) electrons. The van der Waals surface area contributed by atoms with Crippen LogP contribution in [0, 0.1) is 0 Å². The lowest BCUT2D eigenvalue weighted by atomic mass is 9.86. The smallest absolute Gasteiger partial charge is 0.123 e. The third-order valence-electron chi connectivity index (χ3n) is 2.94. The molecule has 0 atom stereocenters. The normalized spacial score (nSPS) is 11.9. The summed E-state index contributed by atoms with van der Waals surface area (Å²) in [5.74, 6) is 1.01. The molecule has 0 aliphatic rings. The molecule has 0 spiro atoms. The molecular weight excluding hydrogens is 236 g/mol. The van der Waals surface area contributed by atoms with Gasteiger partial charge in [0, 0.05) is 6.61 Å². The van der Waals surface area contributed by atoms with E-state index in [1.807, 2.05) is 6.07 Å². The summed E-state index contributed by atoms with van der Waals surface area (Å²) in [4.78, 5) is 0. The van der Waals surface area contributed by atoms with Crippen LogP contribution in [0.3, 0.4) is 0 Å². The van der Waals surface area contributed by atoms with Crippen molar-refractivity contribution < 1.29 is 9.47 Å². The Kier molecular flexibility index (Phi) is 6.36. The van der Waals surface area contributed by atoms with E-state index in [-0.39, 0.29) is 5.41 Å². The zero-order valence-corrected chi connectivity index (χ0v) is 13.0. The molecule has 1 rings (SSSR count). The minimum absolute atomic E-state index is 0.122. The zero-order valence-electron chi connectivity index (χ0n) is 13.0. The summed E-state index contributed by atoms with van der Waals surface area (Å²) in [7, 11) is 0. The molecule has 0 saturated carbocycles. The maximum absolute atomic E-state index is 5.92. The number of rotatable bonds is 7. The first-order valence-corrected chi connectivity index (χ1v) is 7.25. The van der Waals surface area contributed by atoms with Crippen LogP contribution in [0.1, 0.15) is 53.0 Å². The number of para-hydroxylation sites is 1. The SMILES string of the molecule is CC(C)OCCCCOc1ccccc1C(C)(C)C. The molecule has 0 saturated heterocycles. The molecule has 0 unspecified atom stereocenters. The lowest BCUT2D eigenvalue weighted by Gasteiger charge is -2.22. The van der Waals surface area contributed by atoms with Crippen LogP contribution in [0.25, 0.3) is 0 Å². The maximum atomic E-state index is 5.92. The summed E-state index contributed by atoms with van der Waals surface area (Å²) in [5.41, 5.74) is 1.39. The Labute approximate surface area is 118 Å². The molecule has 0 amide bonds. The first-order chi connectivity index (χ1) is 8.91. The van der Waals surface area contributed by atoms with Crippen molar-refractivity contribution in [1.29, 1.82) is 0 Å². The van der Waals surface area contributed by atoms with Gasteiger partial charge in [0.15, 0.2) is 0 Å². The van der Waals surface area contributed by atoms with E-state index in [0.717, 1.165) is 31.8 Å². The molecule has 2 heteroatoms. The molecule has 19 heavy (non-hydrogen) atoms. The highest BCUT2D eigenvalue weighted by molar-refractivity contribution is 5.38. The second-order valence-electron chi connectivity index (χ2n) is 6.22. The summed E-state index contributed by atoms with van der Waals surface area (Å²) in [6.45, 7) is 12.4. The Balaban J connectivity index is 2.37. The number of benzene rings is 1. The quantitative estimate of drug-likeness (QED) is 0.672. The second kappa shape index (κ2) is 7.54. The lowest BCUT2D eigenvalue weighted by molar-refractivity contribution is 0.0737. The van der Waals surface area contributed by atoms with Crippen molar-refractivity contribution in [3.8, 4) is 5.75 Å². The van der Waals surface area contributed by atoms with Crippen molar-refractivity contribution in [2.24, 2.45) is 0 Å². The van der Waals surface area contributed by atoms with E-state index in [0.29, 0.717) is 6.10 Å². The third-order valence-corrected chi connectivity index (χ3v) is 2.94. The molecule has 0 bridgehead atoms. The monoisotopic (exact) mass is 264 g/mol. The number of ether oxygens (including phenoxy) is 2. The van der Waals surface area contributed by atoms with E-state index < -0.39 is 0 Å². The van der Waals surface area contributed by atoms with Crippen molar-refractivity contribution >= 4 is 0 Å². The van der Waals surface area contributed by atoms with Crippen molar-refractivity contribution in [3.63, 3.8) is 0 Å². The fraction of sp³-hybridized carbons (Fsp3) is 0.647. The zero-order chi connectivity index (χ0) is 14.3. The summed E-state index contributed by atoms with van der Waals surface area (Å²) in [5, 5.41) is 0. The average Bonchev–Trinajstić information content (AvgIpc) is 2.32. The summed E-state index contributed by atoms with van der Waals surface area (Å²) >= 11 is 0. The van der Waals surface area contributed by atoms with Crippen molar-refractivity contribution in [1.82, 2.24) is 0 Å². The predicted molar refractivity (Wildman–Crippen MR) is 81.0 cm³/mol. The van der Waals surface area contributed by atoms with Gasteiger partial charge in [-0.15, -0.1) is 0 Å². The second-order valence-corrected chi connectivity index (χ2v) is 6.22. The first kappa shape index (κ1) is 16.0. The van der Waals surface area contributed by atoms with Gasteiger partial charge in [0.05, 0.1) is 12.7 Å². The van der Waals surface area contributed by atoms with Crippen LogP contribution in [0.15, 0.2) is 24.3 Å². The predicted octanol–water partition coefficient (Wildman–Crippen LogP) is 4.57. The highest BCUT2D eigenvalue weighted by Crippen LogP contribution is 2.30. The molecule has 0 aromatic heterocycles. The van der Waals surface area contributed by atoms with Gasteiger partial charge in [-0.2, -0.15) is 0 Å². The van der Waals surface area contributed by atoms with Crippen LogP contribution < -0.4 is 4.74 Å². The van der Waals surface area contributed by atoms with Gasteiger partial charge in [0.1, 0.15) is 5.75 Å². The van der Waals surface area contributed by atoms with Crippen molar-refractivity contribution in [3.05, 3.63) is 29.8 Å². The van der Waals surface area contributed by atoms with Gasteiger partial charge in [-0.3, -0.25) is 0 Å². The molecule has 1 aromatic rings. The fourth-order valence-corrected chi connectivity index (χ4v) is 1.92. The number of hydrogen-bond acceptors (Lipinski definition) is 2. The molecule has 0 aliphatic heterocycles. The largest absolute Gasteiger partial charge is 0.493 e. The standard InChI is InChI=1S/C17H28O2/c1-14(2)18-12-8-9-13-19-16-11-7-6-10-15(16)17(3,4)5/h6-7,10-11,14H,8-9,12-13H2,1-5H3. The van der Waals surface area contributed by atoms with Gasteiger partial charge in [0.2, 0.25) is 0 Å². The Bertz CT molecular complexity index is 364. The van der Waals surface area contributed by atoms with Crippen LogP contribution in [-0.2, 0) is 10.2 Å². The summed E-state index contributed by atoms with van der Waals surface area (Å²) in [6, 6.07) is 8.32. The Morgan fingerprint density at radius 1 is 1.00 bits per heavy atom. The highest BCUT2D eigenvalue weighted by atomic mass is 16.5. The fourth-order valence-electron chi connectivity index (χ4n) is 1.92. The van der Waals surface area contributed by atoms with Crippen molar-refractivity contribution in [2.75, 3.05) is 13.2 Å². The Hall–Kier alpha value is -1.02. The van der Waals surface area contributed by atoms with E-state index in [1.165, 1.54) is 5.56 Å². The van der Waals surface area contributed by atoms with Gasteiger partial charge in [0.25, 0.3) is 0 Å². The Morgan fingerprint density at radius 3 is 2.26 bits per heavy atom. The molecule has 0 aliphatic carbocycles. The third kappa shape index (κ3) is 6.11. The van der Waals surface area contributed by atoms with Gasteiger partial charge in [-0.1, -0.05) is 39.0 Å². The molecular formula is C17H28O2. The lowest BCUT2D eigenvalue weighted by Crippen LogP contribution is -2.14. The van der Waals surface area contributed by atoms with E-state index in [4.69, 9.17) is 9.47 Å². The molecule has 0 fully saturated rings. The number of hydrogen-bond donors (Lipinski definition) is 0. The molecule has 108 valence electrons. The van der Waals surface area contributed by atoms with Gasteiger partial charge >= 0.3 is 0 Å². The average molecular weight is 264 g/mol. The first-order valence-electron chi connectivity index (χ1n) is 7.25. The summed E-state index contributed by atoms with van der Waals surface area (Å²) in [6.07, 6.45) is 2.41. The van der Waals surface area contributed by atoms with E-state index in [2.05, 4.69) is 52.8 Å². The van der Waals surface area contributed by atoms with Crippen LogP contribution >= 0.6 is 0 Å². The summed E-state index contributed by atoms with van der Waals surface area (Å²) < 4.78 is 11.4. The Morgan fingerprint density at radius 2 is 1.63 bits per heavy atom. The van der Waals surface area contributed by atoms with Gasteiger partial charge in [-0.05, 0) is 43.7 Å². The minimum Gasteiger partial charge on any atom is -0.493 e. The van der Waals surface area contributed by atoms with Gasteiger partial charge in [-0.25, -0.2) is 0 Å². The maximum Gasteiger partial charge on any atom is 0.123 e. The number of unbranched alkanes of at least 4 members (excludes halogenated alkanes) is 1. The van der Waals surface area contributed by atoms with Crippen LogP contribution in [0.4, 0.5) is 0 Å². The van der Waals surface area contributed by atoms with Crippen LogP contribution in [-0.4, -0.2) is 19.3 Å². The van der Waals surface area contributed by atoms with E-state index in [9.17, 15) is 0 Å². The van der Waals surface area contributed by atoms with Crippen LogP contribution in [0.2, 0.25) is 0 Å².